The Morgan fingerprint density at radius 3 is 2.50 bits per heavy atom. The molecule has 2 aromatic rings. The number of aryl methyl sites for hydroxylation is 1. The van der Waals surface area contributed by atoms with Crippen molar-refractivity contribution in [2.75, 3.05) is 6.54 Å². The molecular weight excluding hydrogens is 296 g/mol. The van der Waals surface area contributed by atoms with E-state index < -0.39 is 0 Å². The van der Waals surface area contributed by atoms with Crippen LogP contribution in [0, 0.1) is 26.7 Å². The average molecular weight is 326 g/mol. The predicted octanol–water partition coefficient (Wildman–Crippen LogP) is 4.41. The first-order valence-electron chi connectivity index (χ1n) is 8.87. The molecule has 1 aromatic heterocycles. The fraction of sp³-hybridized carbons (Fsp3) is 0.476. The topological polar surface area (TPSA) is 34.0 Å². The number of carbonyl (C=O) groups is 1. The molecule has 1 heterocycles. The van der Waals surface area contributed by atoms with Gasteiger partial charge in [-0.05, 0) is 49.8 Å². The molecular formula is C21H30N2O. The molecule has 0 unspecified atom stereocenters. The lowest BCUT2D eigenvalue weighted by Gasteiger charge is -2.14. The first-order valence-corrected chi connectivity index (χ1v) is 8.87. The third kappa shape index (κ3) is 3.89. The molecule has 0 saturated heterocycles. The van der Waals surface area contributed by atoms with Gasteiger partial charge < -0.3 is 9.88 Å². The van der Waals surface area contributed by atoms with Gasteiger partial charge in [0.15, 0.2) is 0 Å². The van der Waals surface area contributed by atoms with E-state index >= 15 is 0 Å². The summed E-state index contributed by atoms with van der Waals surface area (Å²) >= 11 is 0. The molecule has 2 rings (SSSR count). The van der Waals surface area contributed by atoms with Crippen LogP contribution in [0.3, 0.4) is 0 Å². The van der Waals surface area contributed by atoms with E-state index in [2.05, 4.69) is 75.7 Å². The highest BCUT2D eigenvalue weighted by molar-refractivity contribution is 5.95. The monoisotopic (exact) mass is 326 g/mol. The Kier molecular flexibility index (Phi) is 5.87. The zero-order valence-electron chi connectivity index (χ0n) is 15.9. The summed E-state index contributed by atoms with van der Waals surface area (Å²) in [5.41, 5.74) is 6.89. The van der Waals surface area contributed by atoms with E-state index in [0.29, 0.717) is 12.5 Å². The van der Waals surface area contributed by atoms with E-state index in [-0.39, 0.29) is 5.91 Å². The van der Waals surface area contributed by atoms with Gasteiger partial charge in [0.2, 0.25) is 0 Å². The quantitative estimate of drug-likeness (QED) is 0.838. The summed E-state index contributed by atoms with van der Waals surface area (Å²) in [7, 11) is 0. The van der Waals surface area contributed by atoms with Crippen LogP contribution in [0.4, 0.5) is 0 Å². The molecule has 0 fully saturated rings. The molecule has 0 atom stereocenters. The largest absolute Gasteiger partial charge is 0.350 e. The summed E-state index contributed by atoms with van der Waals surface area (Å²) in [6.45, 7) is 14.1. The minimum absolute atomic E-state index is 0.0386. The summed E-state index contributed by atoms with van der Waals surface area (Å²) in [5, 5.41) is 3.08. The van der Waals surface area contributed by atoms with E-state index in [4.69, 9.17) is 0 Å². The molecule has 24 heavy (non-hydrogen) atoms. The number of hydrogen-bond acceptors (Lipinski definition) is 1. The molecule has 3 heteroatoms. The molecule has 0 aliphatic heterocycles. The standard InChI is InChI=1S/C21H30N2O/c1-7-19-16(5)20(21(24)22-12-14(2)3)23(17(19)6)13-18-10-8-9-15(4)11-18/h8-11,14H,7,12-13H2,1-6H3,(H,22,24). The second-order valence-corrected chi connectivity index (χ2v) is 7.07. The van der Waals surface area contributed by atoms with E-state index in [9.17, 15) is 4.79 Å². The number of benzene rings is 1. The number of carbonyl (C=O) groups excluding carboxylic acids is 1. The number of amides is 1. The van der Waals surface area contributed by atoms with Crippen LogP contribution in [0.2, 0.25) is 0 Å². The fourth-order valence-corrected chi connectivity index (χ4v) is 3.33. The van der Waals surface area contributed by atoms with Crippen molar-refractivity contribution < 1.29 is 4.79 Å². The number of hydrogen-bond donors (Lipinski definition) is 1. The van der Waals surface area contributed by atoms with E-state index in [1.807, 2.05) is 0 Å². The normalized spacial score (nSPS) is 11.1. The van der Waals surface area contributed by atoms with Gasteiger partial charge in [-0.15, -0.1) is 0 Å². The molecule has 0 spiro atoms. The number of nitrogens with zero attached hydrogens (tertiary/aromatic N) is 1. The van der Waals surface area contributed by atoms with Crippen molar-refractivity contribution in [2.45, 2.75) is 54.5 Å². The zero-order valence-corrected chi connectivity index (χ0v) is 15.9. The molecule has 0 radical (unpaired) electrons. The summed E-state index contributed by atoms with van der Waals surface area (Å²) in [6, 6.07) is 8.50. The van der Waals surface area contributed by atoms with Crippen molar-refractivity contribution in [3.63, 3.8) is 0 Å². The minimum atomic E-state index is 0.0386. The van der Waals surface area contributed by atoms with Gasteiger partial charge in [-0.2, -0.15) is 0 Å². The molecule has 0 aliphatic carbocycles. The minimum Gasteiger partial charge on any atom is -0.350 e. The van der Waals surface area contributed by atoms with Crippen molar-refractivity contribution >= 4 is 5.91 Å². The third-order valence-electron chi connectivity index (χ3n) is 4.58. The van der Waals surface area contributed by atoms with E-state index in [0.717, 1.165) is 24.2 Å². The number of nitrogens with one attached hydrogen (secondary N) is 1. The predicted molar refractivity (Wildman–Crippen MR) is 101 cm³/mol. The fourth-order valence-electron chi connectivity index (χ4n) is 3.33. The highest BCUT2D eigenvalue weighted by atomic mass is 16.1. The van der Waals surface area contributed by atoms with E-state index in [1.54, 1.807) is 0 Å². The third-order valence-corrected chi connectivity index (χ3v) is 4.58. The molecule has 0 saturated carbocycles. The average Bonchev–Trinajstić information content (AvgIpc) is 2.75. The molecule has 1 amide bonds. The lowest BCUT2D eigenvalue weighted by Crippen LogP contribution is -2.30. The molecule has 3 nitrogen and oxygen atoms in total. The van der Waals surface area contributed by atoms with Crippen LogP contribution in [-0.4, -0.2) is 17.0 Å². The maximum absolute atomic E-state index is 12.8. The first-order chi connectivity index (χ1) is 11.3. The van der Waals surface area contributed by atoms with Crippen molar-refractivity contribution in [2.24, 2.45) is 5.92 Å². The number of aromatic nitrogens is 1. The second kappa shape index (κ2) is 7.69. The Bertz CT molecular complexity index is 726. The van der Waals surface area contributed by atoms with Gasteiger partial charge in [0, 0.05) is 18.8 Å². The van der Waals surface area contributed by atoms with Crippen LogP contribution in [-0.2, 0) is 13.0 Å². The van der Waals surface area contributed by atoms with Gasteiger partial charge in [0.25, 0.3) is 5.91 Å². The summed E-state index contributed by atoms with van der Waals surface area (Å²) in [6.07, 6.45) is 0.947. The first kappa shape index (κ1) is 18.3. The lowest BCUT2D eigenvalue weighted by molar-refractivity contribution is 0.0939. The molecule has 0 aliphatic rings. The van der Waals surface area contributed by atoms with Crippen LogP contribution in [0.1, 0.15) is 59.2 Å². The Hall–Kier alpha value is -2.03. The van der Waals surface area contributed by atoms with Crippen LogP contribution in [0.15, 0.2) is 24.3 Å². The van der Waals surface area contributed by atoms with Crippen LogP contribution in [0.25, 0.3) is 0 Å². The zero-order chi connectivity index (χ0) is 17.9. The Labute approximate surface area is 146 Å². The van der Waals surface area contributed by atoms with Gasteiger partial charge in [-0.1, -0.05) is 50.6 Å². The molecule has 130 valence electrons. The Balaban J connectivity index is 2.43. The smallest absolute Gasteiger partial charge is 0.268 e. The van der Waals surface area contributed by atoms with Crippen molar-refractivity contribution in [1.29, 1.82) is 0 Å². The Morgan fingerprint density at radius 1 is 1.21 bits per heavy atom. The van der Waals surface area contributed by atoms with Crippen LogP contribution in [0.5, 0.6) is 0 Å². The highest BCUT2D eigenvalue weighted by Crippen LogP contribution is 2.24. The highest BCUT2D eigenvalue weighted by Gasteiger charge is 2.21. The summed E-state index contributed by atoms with van der Waals surface area (Å²) in [4.78, 5) is 12.8. The van der Waals surface area contributed by atoms with Crippen LogP contribution >= 0.6 is 0 Å². The Morgan fingerprint density at radius 2 is 1.92 bits per heavy atom. The second-order valence-electron chi connectivity index (χ2n) is 7.07. The van der Waals surface area contributed by atoms with E-state index in [1.165, 1.54) is 22.4 Å². The molecule has 1 N–H and O–H groups in total. The summed E-state index contributed by atoms with van der Waals surface area (Å²) < 4.78 is 2.18. The van der Waals surface area contributed by atoms with Crippen molar-refractivity contribution in [1.82, 2.24) is 9.88 Å². The van der Waals surface area contributed by atoms with Crippen molar-refractivity contribution in [3.05, 3.63) is 57.9 Å². The van der Waals surface area contributed by atoms with Gasteiger partial charge in [-0.25, -0.2) is 0 Å². The maximum atomic E-state index is 12.8. The van der Waals surface area contributed by atoms with Gasteiger partial charge >= 0.3 is 0 Å². The van der Waals surface area contributed by atoms with Crippen LogP contribution < -0.4 is 5.32 Å². The van der Waals surface area contributed by atoms with Gasteiger partial charge in [0.05, 0.1) is 0 Å². The van der Waals surface area contributed by atoms with Crippen molar-refractivity contribution in [3.8, 4) is 0 Å². The lowest BCUT2D eigenvalue weighted by atomic mass is 10.1. The van der Waals surface area contributed by atoms with Gasteiger partial charge in [-0.3, -0.25) is 4.79 Å². The molecule has 0 bridgehead atoms. The maximum Gasteiger partial charge on any atom is 0.268 e. The molecule has 1 aromatic carbocycles. The SMILES string of the molecule is CCc1c(C)c(C(=O)NCC(C)C)n(Cc2cccc(C)c2)c1C. The van der Waals surface area contributed by atoms with Gasteiger partial charge in [0.1, 0.15) is 5.69 Å². The number of rotatable bonds is 6. The summed E-state index contributed by atoms with van der Waals surface area (Å²) in [5.74, 6) is 0.484.